The lowest BCUT2D eigenvalue weighted by atomic mass is 9.98. The van der Waals surface area contributed by atoms with Gasteiger partial charge in [-0.3, -0.25) is 14.4 Å². The summed E-state index contributed by atoms with van der Waals surface area (Å²) in [5.74, 6) is -3.23. The van der Waals surface area contributed by atoms with Crippen LogP contribution in [0.2, 0.25) is 0 Å². The monoisotopic (exact) mass is 359 g/mol. The molecule has 0 bridgehead atoms. The average molecular weight is 359 g/mol. The molecule has 2 aliphatic heterocycles. The van der Waals surface area contributed by atoms with Crippen molar-refractivity contribution in [3.05, 3.63) is 24.3 Å². The zero-order valence-corrected chi connectivity index (χ0v) is 14.5. The zero-order chi connectivity index (χ0) is 19.0. The number of hydrogen-bond donors (Lipinski definition) is 0. The number of hydrogen-bond acceptors (Lipinski definition) is 7. The number of carbonyl (C=O) groups excluding carboxylic acids is 4. The third kappa shape index (κ3) is 2.61. The van der Waals surface area contributed by atoms with Gasteiger partial charge in [0.1, 0.15) is 11.7 Å². The van der Waals surface area contributed by atoms with Crippen LogP contribution in [0.4, 0.5) is 5.69 Å². The number of hydrazone groups is 1. The molecule has 1 aromatic carbocycles. The van der Waals surface area contributed by atoms with Crippen LogP contribution >= 0.6 is 0 Å². The minimum Gasteiger partial charge on any atom is -0.494 e. The van der Waals surface area contributed by atoms with Gasteiger partial charge < -0.3 is 9.47 Å². The number of ether oxygens (including phenoxy) is 2. The summed E-state index contributed by atoms with van der Waals surface area (Å²) in [6.45, 7) is 3.53. The van der Waals surface area contributed by atoms with E-state index in [-0.39, 0.29) is 5.71 Å². The number of anilines is 1. The number of fused-ring (bicyclic) bond motifs is 1. The Kier molecular flexibility index (Phi) is 4.45. The standard InChI is InChI=1S/C17H17N3O6/c1-4-26-11-7-5-10(6-8-11)19-15(22)12-13(17(24)25-3)18-20(9(2)21)14(12)16(19)23/h5-8,12,14H,4H2,1-3H3/t12-,14-/m0/s1. The molecule has 26 heavy (non-hydrogen) atoms. The molecule has 2 aliphatic rings. The van der Waals surface area contributed by atoms with Crippen LogP contribution < -0.4 is 9.64 Å². The molecule has 0 aliphatic carbocycles. The number of esters is 1. The predicted molar refractivity (Wildman–Crippen MR) is 89.4 cm³/mol. The first kappa shape index (κ1) is 17.6. The van der Waals surface area contributed by atoms with E-state index in [1.165, 1.54) is 6.92 Å². The number of methoxy groups -OCH3 is 1. The van der Waals surface area contributed by atoms with Crippen LogP contribution in [0, 0.1) is 5.92 Å². The van der Waals surface area contributed by atoms with Crippen molar-refractivity contribution in [1.82, 2.24) is 5.01 Å². The van der Waals surface area contributed by atoms with Crippen molar-refractivity contribution in [3.63, 3.8) is 0 Å². The van der Waals surface area contributed by atoms with Crippen molar-refractivity contribution in [1.29, 1.82) is 0 Å². The Labute approximate surface area is 149 Å². The molecule has 0 unspecified atom stereocenters. The zero-order valence-electron chi connectivity index (χ0n) is 14.5. The second kappa shape index (κ2) is 6.58. The summed E-state index contributed by atoms with van der Waals surface area (Å²) in [6, 6.07) is 5.21. The maximum Gasteiger partial charge on any atom is 0.355 e. The summed E-state index contributed by atoms with van der Waals surface area (Å²) in [5, 5.41) is 4.71. The predicted octanol–water partition coefficient (Wildman–Crippen LogP) is 0.334. The van der Waals surface area contributed by atoms with Gasteiger partial charge in [0.2, 0.25) is 11.8 Å². The fraction of sp³-hybridized carbons (Fsp3) is 0.353. The van der Waals surface area contributed by atoms with E-state index >= 15 is 0 Å². The summed E-state index contributed by atoms with van der Waals surface area (Å²) >= 11 is 0. The molecule has 0 radical (unpaired) electrons. The van der Waals surface area contributed by atoms with Crippen LogP contribution in [0.3, 0.4) is 0 Å². The van der Waals surface area contributed by atoms with Gasteiger partial charge in [0.15, 0.2) is 11.8 Å². The van der Waals surface area contributed by atoms with E-state index in [9.17, 15) is 19.2 Å². The van der Waals surface area contributed by atoms with E-state index in [4.69, 9.17) is 4.74 Å². The topological polar surface area (TPSA) is 106 Å². The molecule has 0 aromatic heterocycles. The van der Waals surface area contributed by atoms with Gasteiger partial charge in [-0.2, -0.15) is 5.10 Å². The smallest absolute Gasteiger partial charge is 0.355 e. The Morgan fingerprint density at radius 3 is 2.35 bits per heavy atom. The molecule has 1 saturated heterocycles. The molecule has 1 fully saturated rings. The summed E-state index contributed by atoms with van der Waals surface area (Å²) < 4.78 is 9.97. The molecule has 3 amide bonds. The number of carbonyl (C=O) groups is 4. The van der Waals surface area contributed by atoms with E-state index in [2.05, 4.69) is 9.84 Å². The van der Waals surface area contributed by atoms with Crippen LogP contribution in [0.5, 0.6) is 5.75 Å². The van der Waals surface area contributed by atoms with Gasteiger partial charge in [-0.1, -0.05) is 0 Å². The van der Waals surface area contributed by atoms with Gasteiger partial charge in [-0.05, 0) is 31.2 Å². The minimum atomic E-state index is -1.18. The van der Waals surface area contributed by atoms with Gasteiger partial charge in [0, 0.05) is 6.92 Å². The summed E-state index contributed by atoms with van der Waals surface area (Å²) in [4.78, 5) is 50.4. The van der Waals surface area contributed by atoms with Crippen molar-refractivity contribution in [2.75, 3.05) is 18.6 Å². The number of amides is 3. The van der Waals surface area contributed by atoms with Crippen LogP contribution in [-0.2, 0) is 23.9 Å². The highest BCUT2D eigenvalue weighted by atomic mass is 16.5. The van der Waals surface area contributed by atoms with Gasteiger partial charge in [-0.15, -0.1) is 0 Å². The van der Waals surface area contributed by atoms with E-state index in [1.807, 2.05) is 6.92 Å². The fourth-order valence-electron chi connectivity index (χ4n) is 3.06. The third-order valence-electron chi connectivity index (χ3n) is 4.17. The molecule has 2 atom stereocenters. The third-order valence-corrected chi connectivity index (χ3v) is 4.17. The van der Waals surface area contributed by atoms with Gasteiger partial charge >= 0.3 is 5.97 Å². The van der Waals surface area contributed by atoms with Crippen molar-refractivity contribution in [2.24, 2.45) is 11.0 Å². The normalized spacial score (nSPS) is 21.6. The summed E-state index contributed by atoms with van der Waals surface area (Å²) in [6.07, 6.45) is 0. The SMILES string of the molecule is CCOc1ccc(N2C(=O)[C@H]3C(C(=O)OC)=NN(C(C)=O)[C@@H]3C2=O)cc1. The highest BCUT2D eigenvalue weighted by Gasteiger charge is 2.59. The highest BCUT2D eigenvalue weighted by molar-refractivity contribution is 6.47. The van der Waals surface area contributed by atoms with Crippen molar-refractivity contribution in [2.45, 2.75) is 19.9 Å². The van der Waals surface area contributed by atoms with E-state index in [0.717, 1.165) is 17.0 Å². The molecule has 2 heterocycles. The first-order valence-corrected chi connectivity index (χ1v) is 7.98. The summed E-state index contributed by atoms with van der Waals surface area (Å²) in [7, 11) is 1.14. The maximum absolute atomic E-state index is 12.9. The lowest BCUT2D eigenvalue weighted by molar-refractivity contribution is -0.136. The minimum absolute atomic E-state index is 0.250. The molecule has 3 rings (SSSR count). The molecule has 136 valence electrons. The average Bonchev–Trinajstić information content (AvgIpc) is 3.13. The van der Waals surface area contributed by atoms with Crippen LogP contribution in [0.1, 0.15) is 13.8 Å². The Bertz CT molecular complexity index is 816. The van der Waals surface area contributed by atoms with Gasteiger partial charge in [0.05, 0.1) is 19.4 Å². The quantitative estimate of drug-likeness (QED) is 0.567. The molecule has 0 N–H and O–H groups in total. The first-order chi connectivity index (χ1) is 12.4. The lowest BCUT2D eigenvalue weighted by Crippen LogP contribution is -2.41. The Balaban J connectivity index is 1.98. The lowest BCUT2D eigenvalue weighted by Gasteiger charge is -2.19. The van der Waals surface area contributed by atoms with E-state index in [0.29, 0.717) is 18.0 Å². The van der Waals surface area contributed by atoms with Crippen molar-refractivity contribution >= 4 is 35.1 Å². The van der Waals surface area contributed by atoms with Gasteiger partial charge in [-0.25, -0.2) is 14.7 Å². The second-order valence-electron chi connectivity index (χ2n) is 5.70. The fourth-order valence-corrected chi connectivity index (χ4v) is 3.06. The second-order valence-corrected chi connectivity index (χ2v) is 5.70. The first-order valence-electron chi connectivity index (χ1n) is 7.98. The van der Waals surface area contributed by atoms with Crippen molar-refractivity contribution in [3.8, 4) is 5.75 Å². The van der Waals surface area contributed by atoms with E-state index < -0.39 is 35.7 Å². The Morgan fingerprint density at radius 2 is 1.81 bits per heavy atom. The Hall–Kier alpha value is -3.23. The number of nitrogens with zero attached hydrogens (tertiary/aromatic N) is 3. The highest BCUT2D eigenvalue weighted by Crippen LogP contribution is 2.35. The Morgan fingerprint density at radius 1 is 1.15 bits per heavy atom. The molecule has 1 aromatic rings. The number of imide groups is 1. The summed E-state index contributed by atoms with van der Waals surface area (Å²) in [5.41, 5.74) is 0.0741. The van der Waals surface area contributed by atoms with Gasteiger partial charge in [0.25, 0.3) is 5.91 Å². The molecule has 0 spiro atoms. The number of benzene rings is 1. The molecular weight excluding hydrogens is 342 g/mol. The van der Waals surface area contributed by atoms with Crippen LogP contribution in [0.15, 0.2) is 29.4 Å². The van der Waals surface area contributed by atoms with Crippen LogP contribution in [0.25, 0.3) is 0 Å². The van der Waals surface area contributed by atoms with Crippen molar-refractivity contribution < 1.29 is 28.7 Å². The maximum atomic E-state index is 12.9. The molecule has 9 heteroatoms. The molecule has 9 nitrogen and oxygen atoms in total. The largest absolute Gasteiger partial charge is 0.494 e. The van der Waals surface area contributed by atoms with E-state index in [1.54, 1.807) is 24.3 Å². The van der Waals surface area contributed by atoms with Crippen LogP contribution in [-0.4, -0.2) is 54.2 Å². The number of rotatable bonds is 4. The molecule has 0 saturated carbocycles. The molecular formula is C17H17N3O6.